The molecule has 0 spiro atoms. The molecule has 1 saturated heterocycles. The Morgan fingerprint density at radius 3 is 2.57 bits per heavy atom. The Morgan fingerprint density at radius 2 is 1.90 bits per heavy atom. The van der Waals surface area contributed by atoms with Crippen LogP contribution in [0, 0.1) is 17.2 Å². The molecule has 1 aliphatic heterocycles. The van der Waals surface area contributed by atoms with E-state index in [1.165, 1.54) is 28.6 Å². The molecule has 0 saturated carbocycles. The highest BCUT2D eigenvalue weighted by atomic mass is 32.2. The first-order valence-corrected chi connectivity index (χ1v) is 11.3. The summed E-state index contributed by atoms with van der Waals surface area (Å²) in [6, 6.07) is 11.4. The Hall–Kier alpha value is -2.96. The Balaban J connectivity index is 1.53. The first-order valence-electron chi connectivity index (χ1n) is 9.89. The van der Waals surface area contributed by atoms with Gasteiger partial charge in [-0.25, -0.2) is 13.4 Å². The lowest BCUT2D eigenvalue weighted by Crippen LogP contribution is -2.37. The molecule has 2 N–H and O–H groups in total. The summed E-state index contributed by atoms with van der Waals surface area (Å²) < 4.78 is 27.0. The van der Waals surface area contributed by atoms with Crippen molar-refractivity contribution in [3.8, 4) is 6.07 Å². The summed E-state index contributed by atoms with van der Waals surface area (Å²) in [6.45, 7) is 3.92. The van der Waals surface area contributed by atoms with Crippen molar-refractivity contribution in [2.24, 2.45) is 5.92 Å². The number of aromatic nitrogens is 1. The number of nitrogens with zero attached hydrogens (tertiary/aromatic N) is 3. The number of benzene rings is 1. The largest absolute Gasteiger partial charge is 0.367 e. The summed E-state index contributed by atoms with van der Waals surface area (Å²) in [5.74, 6) is 0.714. The van der Waals surface area contributed by atoms with Crippen molar-refractivity contribution in [2.75, 3.05) is 31.5 Å². The van der Waals surface area contributed by atoms with Crippen molar-refractivity contribution >= 4 is 21.7 Å². The molecule has 1 fully saturated rings. The van der Waals surface area contributed by atoms with Gasteiger partial charge in [0.1, 0.15) is 11.9 Å². The number of carbonyl (C=O) groups excluding carboxylic acids is 1. The summed E-state index contributed by atoms with van der Waals surface area (Å²) >= 11 is 0. The molecule has 9 heteroatoms. The third-order valence-corrected chi connectivity index (χ3v) is 7.04. The molecule has 0 radical (unpaired) electrons. The summed E-state index contributed by atoms with van der Waals surface area (Å²) in [5, 5.41) is 14.8. The highest BCUT2D eigenvalue weighted by Gasteiger charge is 2.28. The fourth-order valence-corrected chi connectivity index (χ4v) is 4.72. The van der Waals surface area contributed by atoms with Crippen LogP contribution in [0.4, 0.5) is 5.82 Å². The van der Waals surface area contributed by atoms with E-state index in [1.54, 1.807) is 18.3 Å². The number of anilines is 1. The molecule has 1 aromatic carbocycles. The lowest BCUT2D eigenvalue weighted by Gasteiger charge is -2.29. The third-order valence-electron chi connectivity index (χ3n) is 5.13. The highest BCUT2D eigenvalue weighted by molar-refractivity contribution is 7.89. The molecule has 0 bridgehead atoms. The van der Waals surface area contributed by atoms with Crippen LogP contribution in [0.5, 0.6) is 0 Å². The monoisotopic (exact) mass is 427 g/mol. The number of sulfonamides is 1. The van der Waals surface area contributed by atoms with Gasteiger partial charge in [-0.2, -0.15) is 9.57 Å². The van der Waals surface area contributed by atoms with E-state index in [4.69, 9.17) is 5.26 Å². The molecule has 1 aliphatic rings. The van der Waals surface area contributed by atoms with Gasteiger partial charge >= 0.3 is 0 Å². The van der Waals surface area contributed by atoms with Crippen LogP contribution in [0.3, 0.4) is 0 Å². The standard InChI is InChI=1S/C21H25N5O3S/c1-16-8-13-26(14-9-16)30(28,29)19-6-4-17(5-7-19)21(27)25-12-11-24-20-18(15-22)3-2-10-23-20/h2-7,10,16H,8-9,11-14H2,1H3,(H,23,24)(H,25,27). The molecular formula is C21H25N5O3S. The fraction of sp³-hybridized carbons (Fsp3) is 0.381. The van der Waals surface area contributed by atoms with Crippen LogP contribution < -0.4 is 10.6 Å². The Kier molecular flexibility index (Phi) is 7.03. The summed E-state index contributed by atoms with van der Waals surface area (Å²) in [4.78, 5) is 16.6. The molecular weight excluding hydrogens is 402 g/mol. The van der Waals surface area contributed by atoms with Crippen LogP contribution in [0.2, 0.25) is 0 Å². The number of pyridine rings is 1. The first-order chi connectivity index (χ1) is 14.4. The van der Waals surface area contributed by atoms with E-state index in [0.717, 1.165) is 12.8 Å². The maximum atomic E-state index is 12.8. The number of amides is 1. The van der Waals surface area contributed by atoms with Gasteiger partial charge in [0.25, 0.3) is 5.91 Å². The van der Waals surface area contributed by atoms with Crippen LogP contribution in [-0.4, -0.2) is 49.8 Å². The molecule has 2 aromatic rings. The van der Waals surface area contributed by atoms with Gasteiger partial charge in [-0.1, -0.05) is 6.92 Å². The van der Waals surface area contributed by atoms with Gasteiger partial charge in [0.05, 0.1) is 10.5 Å². The quantitative estimate of drug-likeness (QED) is 0.655. The van der Waals surface area contributed by atoms with E-state index in [0.29, 0.717) is 49.0 Å². The fourth-order valence-electron chi connectivity index (χ4n) is 3.25. The van der Waals surface area contributed by atoms with Gasteiger partial charge in [0, 0.05) is 37.9 Å². The van der Waals surface area contributed by atoms with E-state index < -0.39 is 10.0 Å². The highest BCUT2D eigenvalue weighted by Crippen LogP contribution is 2.23. The molecule has 0 aliphatic carbocycles. The predicted molar refractivity (Wildman–Crippen MR) is 113 cm³/mol. The molecule has 30 heavy (non-hydrogen) atoms. The lowest BCUT2D eigenvalue weighted by atomic mass is 10.0. The van der Waals surface area contributed by atoms with Crippen LogP contribution in [0.15, 0.2) is 47.5 Å². The second-order valence-electron chi connectivity index (χ2n) is 7.31. The summed E-state index contributed by atoms with van der Waals surface area (Å²) in [6.07, 6.45) is 3.31. The second-order valence-corrected chi connectivity index (χ2v) is 9.24. The van der Waals surface area contributed by atoms with Crippen molar-refractivity contribution in [3.63, 3.8) is 0 Å². The van der Waals surface area contributed by atoms with Crippen molar-refractivity contribution in [1.82, 2.24) is 14.6 Å². The molecule has 2 heterocycles. The average Bonchev–Trinajstić information content (AvgIpc) is 2.77. The van der Waals surface area contributed by atoms with Gasteiger partial charge in [-0.15, -0.1) is 0 Å². The Labute approximate surface area is 177 Å². The molecule has 1 aromatic heterocycles. The smallest absolute Gasteiger partial charge is 0.251 e. The molecule has 1 amide bonds. The van der Waals surface area contributed by atoms with E-state index in [2.05, 4.69) is 22.5 Å². The third kappa shape index (κ3) is 5.14. The summed E-state index contributed by atoms with van der Waals surface area (Å²) in [7, 11) is -3.53. The zero-order chi connectivity index (χ0) is 21.6. The van der Waals surface area contributed by atoms with E-state index in [-0.39, 0.29) is 10.8 Å². The molecule has 158 valence electrons. The minimum atomic E-state index is -3.53. The number of nitrogens with one attached hydrogen (secondary N) is 2. The number of hydrogen-bond acceptors (Lipinski definition) is 6. The molecule has 8 nitrogen and oxygen atoms in total. The van der Waals surface area contributed by atoms with E-state index in [1.807, 2.05) is 6.07 Å². The predicted octanol–water partition coefficient (Wildman–Crippen LogP) is 2.22. The summed E-state index contributed by atoms with van der Waals surface area (Å²) in [5.41, 5.74) is 0.820. The minimum Gasteiger partial charge on any atom is -0.367 e. The number of carbonyl (C=O) groups is 1. The normalized spacial score (nSPS) is 15.3. The number of nitriles is 1. The van der Waals surface area contributed by atoms with Crippen LogP contribution in [0.1, 0.15) is 35.7 Å². The van der Waals surface area contributed by atoms with Crippen LogP contribution in [0.25, 0.3) is 0 Å². The average molecular weight is 428 g/mol. The van der Waals surface area contributed by atoms with Gasteiger partial charge in [0.2, 0.25) is 10.0 Å². The first kappa shape index (κ1) is 21.7. The van der Waals surface area contributed by atoms with E-state index in [9.17, 15) is 13.2 Å². The number of piperidine rings is 1. The number of hydrogen-bond donors (Lipinski definition) is 2. The van der Waals surface area contributed by atoms with E-state index >= 15 is 0 Å². The Morgan fingerprint density at radius 1 is 1.20 bits per heavy atom. The van der Waals surface area contributed by atoms with Crippen molar-refractivity contribution in [3.05, 3.63) is 53.7 Å². The van der Waals surface area contributed by atoms with Crippen molar-refractivity contribution < 1.29 is 13.2 Å². The second kappa shape index (κ2) is 9.69. The molecule has 3 rings (SSSR count). The van der Waals surface area contributed by atoms with Gasteiger partial charge in [-0.05, 0) is 55.2 Å². The van der Waals surface area contributed by atoms with Gasteiger partial charge < -0.3 is 10.6 Å². The van der Waals surface area contributed by atoms with Gasteiger partial charge in [-0.3, -0.25) is 4.79 Å². The lowest BCUT2D eigenvalue weighted by molar-refractivity contribution is 0.0955. The SMILES string of the molecule is CC1CCN(S(=O)(=O)c2ccc(C(=O)NCCNc3ncccc3C#N)cc2)CC1. The Bertz CT molecular complexity index is 1020. The number of rotatable bonds is 7. The van der Waals surface area contributed by atoms with Crippen molar-refractivity contribution in [2.45, 2.75) is 24.7 Å². The van der Waals surface area contributed by atoms with Gasteiger partial charge in [0.15, 0.2) is 0 Å². The molecule has 0 unspecified atom stereocenters. The zero-order valence-corrected chi connectivity index (χ0v) is 17.7. The zero-order valence-electron chi connectivity index (χ0n) is 16.8. The van der Waals surface area contributed by atoms with Crippen LogP contribution in [-0.2, 0) is 10.0 Å². The van der Waals surface area contributed by atoms with Crippen LogP contribution >= 0.6 is 0 Å². The maximum absolute atomic E-state index is 12.8. The topological polar surface area (TPSA) is 115 Å². The molecule has 0 atom stereocenters. The minimum absolute atomic E-state index is 0.203. The van der Waals surface area contributed by atoms with Crippen molar-refractivity contribution in [1.29, 1.82) is 5.26 Å². The maximum Gasteiger partial charge on any atom is 0.251 e.